The van der Waals surface area contributed by atoms with Crippen molar-refractivity contribution in [1.82, 2.24) is 0 Å². The molecule has 0 saturated heterocycles. The minimum Gasteiger partial charge on any atom is -0.478 e. The number of nitrogens with two attached hydrogens (primary N) is 1. The van der Waals surface area contributed by atoms with Gasteiger partial charge in [0.25, 0.3) is 0 Å². The molecule has 14 heavy (non-hydrogen) atoms. The molecule has 0 aliphatic heterocycles. The second-order valence-corrected chi connectivity index (χ2v) is 4.09. The van der Waals surface area contributed by atoms with Crippen molar-refractivity contribution in [2.24, 2.45) is 0 Å². The molecule has 0 radical (unpaired) electrons. The van der Waals surface area contributed by atoms with E-state index in [1.165, 1.54) is 15.0 Å². The standard InChI is InChI=1S/C9H6INO2S/c10-14-4-3-6-1-2-8(11)7(5-6)9(12)13/h1-2,5H,11H2,(H,12,13). The van der Waals surface area contributed by atoms with Gasteiger partial charge in [-0.15, -0.1) is 0 Å². The molecule has 1 aromatic carbocycles. The Morgan fingerprint density at radius 1 is 1.57 bits per heavy atom. The quantitative estimate of drug-likeness (QED) is 0.474. The predicted molar refractivity (Wildman–Crippen MR) is 66.3 cm³/mol. The van der Waals surface area contributed by atoms with E-state index < -0.39 is 5.97 Å². The monoisotopic (exact) mass is 319 g/mol. The molecule has 0 bridgehead atoms. The lowest BCUT2D eigenvalue weighted by Gasteiger charge is -1.99. The minimum atomic E-state index is -1.03. The zero-order valence-electron chi connectivity index (χ0n) is 6.95. The van der Waals surface area contributed by atoms with Gasteiger partial charge in [0.05, 0.1) is 5.56 Å². The Morgan fingerprint density at radius 3 is 2.86 bits per heavy atom. The van der Waals surface area contributed by atoms with Gasteiger partial charge in [0.1, 0.15) is 0 Å². The van der Waals surface area contributed by atoms with Gasteiger partial charge in [-0.1, -0.05) is 5.92 Å². The van der Waals surface area contributed by atoms with E-state index in [9.17, 15) is 4.79 Å². The fraction of sp³-hybridized carbons (Fsp3) is 0. The van der Waals surface area contributed by atoms with Gasteiger partial charge in [-0.05, 0) is 32.4 Å². The summed E-state index contributed by atoms with van der Waals surface area (Å²) in [6.45, 7) is 0. The van der Waals surface area contributed by atoms with Crippen LogP contribution < -0.4 is 5.73 Å². The van der Waals surface area contributed by atoms with Gasteiger partial charge in [0.2, 0.25) is 0 Å². The highest BCUT2D eigenvalue weighted by Gasteiger charge is 2.07. The molecule has 0 fully saturated rings. The Morgan fingerprint density at radius 2 is 2.29 bits per heavy atom. The molecule has 0 unspecified atom stereocenters. The first-order chi connectivity index (χ1) is 6.65. The summed E-state index contributed by atoms with van der Waals surface area (Å²) in [5.41, 5.74) is 6.48. The molecule has 0 aliphatic carbocycles. The number of carboxylic acids is 1. The number of hydrogen-bond donors (Lipinski definition) is 2. The summed E-state index contributed by atoms with van der Waals surface area (Å²) < 4.78 is 0. The van der Waals surface area contributed by atoms with Crippen molar-refractivity contribution in [3.63, 3.8) is 0 Å². The summed E-state index contributed by atoms with van der Waals surface area (Å²) in [6, 6.07) is 4.71. The lowest BCUT2D eigenvalue weighted by Crippen LogP contribution is -2.02. The molecule has 1 rings (SSSR count). The van der Waals surface area contributed by atoms with Crippen LogP contribution in [0.3, 0.4) is 0 Å². The van der Waals surface area contributed by atoms with Gasteiger partial charge in [-0.3, -0.25) is 0 Å². The molecule has 5 heteroatoms. The Kier molecular flexibility index (Phi) is 4.10. The second-order valence-electron chi connectivity index (χ2n) is 2.41. The SMILES string of the molecule is Nc1ccc(C#CSI)cc1C(=O)O. The summed E-state index contributed by atoms with van der Waals surface area (Å²) >= 11 is 2.05. The summed E-state index contributed by atoms with van der Waals surface area (Å²) in [6.07, 6.45) is 0. The number of benzene rings is 1. The van der Waals surface area contributed by atoms with E-state index in [2.05, 4.69) is 11.2 Å². The molecule has 3 nitrogen and oxygen atoms in total. The van der Waals surface area contributed by atoms with Crippen molar-refractivity contribution in [1.29, 1.82) is 0 Å². The third kappa shape index (κ3) is 2.82. The van der Waals surface area contributed by atoms with Crippen LogP contribution in [0.1, 0.15) is 15.9 Å². The van der Waals surface area contributed by atoms with Crippen molar-refractivity contribution in [2.75, 3.05) is 5.73 Å². The van der Waals surface area contributed by atoms with Crippen molar-refractivity contribution < 1.29 is 9.90 Å². The summed E-state index contributed by atoms with van der Waals surface area (Å²) in [5.74, 6) is 1.77. The molecular formula is C9H6INO2S. The van der Waals surface area contributed by atoms with Crippen LogP contribution in [-0.2, 0) is 0 Å². The number of rotatable bonds is 1. The van der Waals surface area contributed by atoms with Crippen LogP contribution in [0.4, 0.5) is 5.69 Å². The van der Waals surface area contributed by atoms with Gasteiger partial charge in [-0.2, -0.15) is 0 Å². The van der Waals surface area contributed by atoms with Crippen molar-refractivity contribution in [3.8, 4) is 11.2 Å². The fourth-order valence-corrected chi connectivity index (χ4v) is 1.38. The Bertz CT molecular complexity index is 423. The van der Waals surface area contributed by atoms with E-state index in [0.717, 1.165) is 0 Å². The number of nitrogen functional groups attached to an aromatic ring is 1. The molecule has 0 aromatic heterocycles. The van der Waals surface area contributed by atoms with Crippen LogP contribution in [0.15, 0.2) is 18.2 Å². The highest BCUT2D eigenvalue weighted by atomic mass is 127. The average Bonchev–Trinajstić information content (AvgIpc) is 2.16. The maximum atomic E-state index is 10.7. The van der Waals surface area contributed by atoms with Crippen LogP contribution in [-0.4, -0.2) is 11.1 Å². The van der Waals surface area contributed by atoms with Crippen molar-refractivity contribution in [2.45, 2.75) is 0 Å². The van der Waals surface area contributed by atoms with Gasteiger partial charge < -0.3 is 10.8 Å². The molecule has 0 amide bonds. The van der Waals surface area contributed by atoms with Gasteiger partial charge in [0.15, 0.2) is 0 Å². The van der Waals surface area contributed by atoms with Crippen LogP contribution in [0, 0.1) is 11.2 Å². The number of aromatic carboxylic acids is 1. The fourth-order valence-electron chi connectivity index (χ4n) is 0.897. The van der Waals surface area contributed by atoms with Crippen molar-refractivity contribution >= 4 is 41.8 Å². The lowest BCUT2D eigenvalue weighted by atomic mass is 10.1. The first-order valence-electron chi connectivity index (χ1n) is 3.56. The highest BCUT2D eigenvalue weighted by molar-refractivity contribution is 14.2. The normalized spacial score (nSPS) is 8.93. The smallest absolute Gasteiger partial charge is 0.337 e. The summed E-state index contributed by atoms with van der Waals surface area (Å²) in [5, 5.41) is 11.6. The summed E-state index contributed by atoms with van der Waals surface area (Å²) in [7, 11) is 1.35. The van der Waals surface area contributed by atoms with E-state index in [-0.39, 0.29) is 11.3 Å². The van der Waals surface area contributed by atoms with Crippen LogP contribution in [0.2, 0.25) is 0 Å². The van der Waals surface area contributed by atoms with Crippen molar-refractivity contribution in [3.05, 3.63) is 29.3 Å². The Labute approximate surface area is 97.7 Å². The predicted octanol–water partition coefficient (Wildman–Crippen LogP) is 2.36. The molecular weight excluding hydrogens is 313 g/mol. The first-order valence-corrected chi connectivity index (χ1v) is 6.92. The molecule has 1 aromatic rings. The van der Waals surface area contributed by atoms with E-state index in [1.54, 1.807) is 12.1 Å². The van der Waals surface area contributed by atoms with Crippen LogP contribution >= 0.6 is 30.1 Å². The Balaban J connectivity index is 3.13. The largest absolute Gasteiger partial charge is 0.478 e. The maximum absolute atomic E-state index is 10.7. The molecule has 0 spiro atoms. The molecule has 0 saturated carbocycles. The van der Waals surface area contributed by atoms with E-state index in [0.29, 0.717) is 5.56 Å². The maximum Gasteiger partial charge on any atom is 0.337 e. The zero-order valence-corrected chi connectivity index (χ0v) is 9.93. The van der Waals surface area contributed by atoms with E-state index in [1.807, 2.05) is 21.2 Å². The minimum absolute atomic E-state index is 0.0928. The number of carboxylic acid groups (broad SMARTS) is 1. The van der Waals surface area contributed by atoms with Crippen LogP contribution in [0.5, 0.6) is 0 Å². The average molecular weight is 319 g/mol. The van der Waals surface area contributed by atoms with E-state index >= 15 is 0 Å². The zero-order chi connectivity index (χ0) is 10.6. The number of halogens is 1. The molecule has 0 heterocycles. The van der Waals surface area contributed by atoms with Crippen LogP contribution in [0.25, 0.3) is 0 Å². The topological polar surface area (TPSA) is 63.3 Å². The van der Waals surface area contributed by atoms with Gasteiger partial charge in [0, 0.05) is 32.5 Å². The van der Waals surface area contributed by atoms with E-state index in [4.69, 9.17) is 10.8 Å². The third-order valence-corrected chi connectivity index (χ3v) is 2.36. The number of carbonyl (C=O) groups is 1. The Hall–Kier alpha value is -0.870. The first kappa shape index (κ1) is 11.2. The number of anilines is 1. The molecule has 0 aliphatic rings. The van der Waals surface area contributed by atoms with Gasteiger partial charge in [-0.25, -0.2) is 4.79 Å². The second kappa shape index (κ2) is 5.12. The number of hydrogen-bond acceptors (Lipinski definition) is 3. The molecule has 0 atom stereocenters. The molecule has 72 valence electrons. The lowest BCUT2D eigenvalue weighted by molar-refractivity contribution is 0.0698. The van der Waals surface area contributed by atoms with Gasteiger partial charge >= 0.3 is 5.97 Å². The summed E-state index contributed by atoms with van der Waals surface area (Å²) in [4.78, 5) is 10.7. The molecule has 3 N–H and O–H groups in total. The third-order valence-electron chi connectivity index (χ3n) is 1.52. The highest BCUT2D eigenvalue weighted by Crippen LogP contribution is 2.14.